The highest BCUT2D eigenvalue weighted by molar-refractivity contribution is 6.30. The molecule has 1 N–H and O–H groups in total. The summed E-state index contributed by atoms with van der Waals surface area (Å²) >= 11 is 6.01. The lowest BCUT2D eigenvalue weighted by Gasteiger charge is -2.25. The number of nitrogens with zero attached hydrogens (tertiary/aromatic N) is 2. The summed E-state index contributed by atoms with van der Waals surface area (Å²) in [6.45, 7) is 2.39. The average molecular weight is 374 g/mol. The Hall–Kier alpha value is -2.11. The van der Waals surface area contributed by atoms with Crippen LogP contribution < -0.4 is 5.32 Å². The van der Waals surface area contributed by atoms with Crippen molar-refractivity contribution < 1.29 is 9.53 Å². The molecule has 1 atom stereocenters. The summed E-state index contributed by atoms with van der Waals surface area (Å²) < 4.78 is 5.70. The molecule has 1 aromatic carbocycles. The molecule has 2 heterocycles. The van der Waals surface area contributed by atoms with Gasteiger partial charge in [0.15, 0.2) is 0 Å². The van der Waals surface area contributed by atoms with Crippen molar-refractivity contribution in [2.75, 3.05) is 19.7 Å². The highest BCUT2D eigenvalue weighted by atomic mass is 35.5. The number of ether oxygens (including phenoxy) is 1. The number of carbonyl (C=O) groups is 1. The van der Waals surface area contributed by atoms with Crippen LogP contribution in [0.5, 0.6) is 0 Å². The Balaban J connectivity index is 1.56. The van der Waals surface area contributed by atoms with Crippen molar-refractivity contribution in [2.24, 2.45) is 0 Å². The fourth-order valence-corrected chi connectivity index (χ4v) is 3.27. The molecule has 26 heavy (non-hydrogen) atoms. The van der Waals surface area contributed by atoms with E-state index in [0.717, 1.165) is 37.1 Å². The van der Waals surface area contributed by atoms with Crippen molar-refractivity contribution in [1.29, 1.82) is 0 Å². The molecule has 0 radical (unpaired) electrons. The van der Waals surface area contributed by atoms with Gasteiger partial charge < -0.3 is 15.0 Å². The molecule has 138 valence electrons. The van der Waals surface area contributed by atoms with Gasteiger partial charge in [-0.25, -0.2) is 4.79 Å². The van der Waals surface area contributed by atoms with Gasteiger partial charge in [0.25, 0.3) is 0 Å². The number of aromatic nitrogens is 1. The first kappa shape index (κ1) is 18.7. The van der Waals surface area contributed by atoms with Gasteiger partial charge in [0.1, 0.15) is 0 Å². The van der Waals surface area contributed by atoms with Gasteiger partial charge in [0, 0.05) is 30.9 Å². The molecule has 0 unspecified atom stereocenters. The first-order valence-corrected chi connectivity index (χ1v) is 9.37. The first-order valence-electron chi connectivity index (χ1n) is 8.99. The van der Waals surface area contributed by atoms with Crippen LogP contribution in [0.4, 0.5) is 4.79 Å². The summed E-state index contributed by atoms with van der Waals surface area (Å²) in [5.74, 6) is 0. The van der Waals surface area contributed by atoms with Crippen LogP contribution in [-0.2, 0) is 17.7 Å². The van der Waals surface area contributed by atoms with Crippen molar-refractivity contribution >= 4 is 17.6 Å². The van der Waals surface area contributed by atoms with E-state index in [9.17, 15) is 4.79 Å². The quantitative estimate of drug-likeness (QED) is 0.805. The number of halogens is 1. The monoisotopic (exact) mass is 373 g/mol. The normalized spacial score (nSPS) is 16.4. The molecule has 0 spiro atoms. The van der Waals surface area contributed by atoms with E-state index in [-0.39, 0.29) is 12.1 Å². The first-order chi connectivity index (χ1) is 12.7. The number of hydrogen-bond acceptors (Lipinski definition) is 3. The van der Waals surface area contributed by atoms with E-state index in [0.29, 0.717) is 24.7 Å². The van der Waals surface area contributed by atoms with E-state index in [4.69, 9.17) is 16.3 Å². The van der Waals surface area contributed by atoms with E-state index in [2.05, 4.69) is 10.3 Å². The maximum Gasteiger partial charge on any atom is 0.317 e. The van der Waals surface area contributed by atoms with E-state index in [1.165, 1.54) is 0 Å². The van der Waals surface area contributed by atoms with Crippen molar-refractivity contribution in [1.82, 2.24) is 15.2 Å². The third-order valence-corrected chi connectivity index (χ3v) is 4.63. The van der Waals surface area contributed by atoms with Crippen molar-refractivity contribution in [3.63, 3.8) is 0 Å². The highest BCUT2D eigenvalue weighted by Gasteiger charge is 2.22. The van der Waals surface area contributed by atoms with Gasteiger partial charge in [0.05, 0.1) is 18.3 Å². The fraction of sp³-hybridized carbons (Fsp3) is 0.400. The molecular weight excluding hydrogens is 350 g/mol. The minimum Gasteiger partial charge on any atom is -0.376 e. The summed E-state index contributed by atoms with van der Waals surface area (Å²) in [7, 11) is 0. The summed E-state index contributed by atoms with van der Waals surface area (Å²) in [4.78, 5) is 18.8. The molecule has 5 nitrogen and oxygen atoms in total. The second kappa shape index (κ2) is 9.55. The van der Waals surface area contributed by atoms with Crippen molar-refractivity contribution in [2.45, 2.75) is 31.9 Å². The van der Waals surface area contributed by atoms with Crippen LogP contribution in [0, 0.1) is 0 Å². The maximum atomic E-state index is 12.7. The van der Waals surface area contributed by atoms with Crippen LogP contribution in [0.3, 0.4) is 0 Å². The van der Waals surface area contributed by atoms with E-state index in [1.54, 1.807) is 11.1 Å². The lowest BCUT2D eigenvalue weighted by molar-refractivity contribution is 0.0792. The molecule has 1 aromatic heterocycles. The third-order valence-electron chi connectivity index (χ3n) is 4.39. The number of pyridine rings is 1. The summed E-state index contributed by atoms with van der Waals surface area (Å²) in [6, 6.07) is 13.4. The Morgan fingerprint density at radius 2 is 2.23 bits per heavy atom. The molecule has 0 bridgehead atoms. The van der Waals surface area contributed by atoms with Crippen molar-refractivity contribution in [3.8, 4) is 0 Å². The zero-order chi connectivity index (χ0) is 18.2. The number of amides is 2. The number of urea groups is 1. The number of carbonyl (C=O) groups excluding carboxylic acids is 1. The van der Waals surface area contributed by atoms with Crippen LogP contribution >= 0.6 is 11.6 Å². The number of rotatable bonds is 7. The van der Waals surface area contributed by atoms with Crippen LogP contribution in [0.2, 0.25) is 5.02 Å². The Kier molecular flexibility index (Phi) is 6.86. The molecule has 2 aromatic rings. The Morgan fingerprint density at radius 3 is 2.96 bits per heavy atom. The zero-order valence-electron chi connectivity index (χ0n) is 14.7. The highest BCUT2D eigenvalue weighted by Crippen LogP contribution is 2.15. The van der Waals surface area contributed by atoms with Crippen LogP contribution in [0.25, 0.3) is 0 Å². The molecule has 2 amide bonds. The Bertz CT molecular complexity index is 705. The molecule has 6 heteroatoms. The minimum atomic E-state index is -0.0896. The van der Waals surface area contributed by atoms with Gasteiger partial charge in [-0.15, -0.1) is 0 Å². The van der Waals surface area contributed by atoms with Crippen molar-refractivity contribution in [3.05, 3.63) is 64.9 Å². The molecule has 1 aliphatic rings. The van der Waals surface area contributed by atoms with Crippen LogP contribution in [0.1, 0.15) is 24.1 Å². The lowest BCUT2D eigenvalue weighted by Crippen LogP contribution is -2.44. The second-order valence-electron chi connectivity index (χ2n) is 6.45. The maximum absolute atomic E-state index is 12.7. The van der Waals surface area contributed by atoms with Gasteiger partial charge in [-0.05, 0) is 49.1 Å². The van der Waals surface area contributed by atoms with Gasteiger partial charge in [0.2, 0.25) is 0 Å². The molecule has 1 saturated heterocycles. The van der Waals surface area contributed by atoms with Crippen LogP contribution in [-0.4, -0.2) is 41.7 Å². The van der Waals surface area contributed by atoms with E-state index < -0.39 is 0 Å². The van der Waals surface area contributed by atoms with Crippen LogP contribution in [0.15, 0.2) is 48.7 Å². The molecular formula is C20H24ClN3O2. The number of nitrogens with one attached hydrogen (secondary N) is 1. The molecule has 0 aliphatic carbocycles. The lowest BCUT2D eigenvalue weighted by atomic mass is 10.1. The van der Waals surface area contributed by atoms with Gasteiger partial charge >= 0.3 is 6.03 Å². The summed E-state index contributed by atoms with van der Waals surface area (Å²) in [5, 5.41) is 3.72. The molecule has 3 rings (SSSR count). The Labute approximate surface area is 159 Å². The van der Waals surface area contributed by atoms with E-state index >= 15 is 0 Å². The third kappa shape index (κ3) is 5.71. The standard InChI is InChI=1S/C20H24ClN3O2/c21-17-6-3-5-16(13-17)9-11-23-20(25)24(15-19-8-4-12-26-19)14-18-7-1-2-10-22-18/h1-3,5-7,10,13,19H,4,8-9,11-12,14-15H2,(H,23,25)/t19-/m0/s1. The molecule has 0 saturated carbocycles. The van der Waals surface area contributed by atoms with Gasteiger partial charge in [-0.3, -0.25) is 4.98 Å². The predicted octanol–water partition coefficient (Wildman–Crippen LogP) is 3.67. The Morgan fingerprint density at radius 1 is 1.31 bits per heavy atom. The smallest absolute Gasteiger partial charge is 0.317 e. The predicted molar refractivity (Wildman–Crippen MR) is 102 cm³/mol. The van der Waals surface area contributed by atoms with Gasteiger partial charge in [-0.1, -0.05) is 29.8 Å². The molecule has 1 fully saturated rings. The summed E-state index contributed by atoms with van der Waals surface area (Å²) in [6.07, 6.45) is 4.64. The minimum absolute atomic E-state index is 0.0896. The zero-order valence-corrected chi connectivity index (χ0v) is 15.5. The van der Waals surface area contributed by atoms with Gasteiger partial charge in [-0.2, -0.15) is 0 Å². The molecule has 1 aliphatic heterocycles. The average Bonchev–Trinajstić information content (AvgIpc) is 3.15. The fourth-order valence-electron chi connectivity index (χ4n) is 3.06. The second-order valence-corrected chi connectivity index (χ2v) is 6.88. The SMILES string of the molecule is O=C(NCCc1cccc(Cl)c1)N(Cc1ccccn1)C[C@@H]1CCCO1. The topological polar surface area (TPSA) is 54.5 Å². The van der Waals surface area contributed by atoms with E-state index in [1.807, 2.05) is 42.5 Å². The largest absolute Gasteiger partial charge is 0.376 e. The summed E-state index contributed by atoms with van der Waals surface area (Å²) in [5.41, 5.74) is 1.98. The number of hydrogen-bond donors (Lipinski definition) is 1. The number of benzene rings is 1.